The number of rotatable bonds is 8. The zero-order chi connectivity index (χ0) is 22.8. The lowest BCUT2D eigenvalue weighted by molar-refractivity contribution is 0.0730. The fourth-order valence-electron chi connectivity index (χ4n) is 3.97. The third-order valence-electron chi connectivity index (χ3n) is 5.74. The molecule has 0 bridgehead atoms. The highest BCUT2D eigenvalue weighted by Crippen LogP contribution is 2.29. The quantitative estimate of drug-likeness (QED) is 0.343. The molecule has 1 fully saturated rings. The van der Waals surface area contributed by atoms with Gasteiger partial charge in [-0.3, -0.25) is 0 Å². The Balaban J connectivity index is 1.45. The van der Waals surface area contributed by atoms with Crippen molar-refractivity contribution in [3.05, 3.63) is 48.3 Å². The number of para-hydroxylation sites is 2. The summed E-state index contributed by atoms with van der Waals surface area (Å²) < 4.78 is 41.0. The van der Waals surface area contributed by atoms with E-state index in [0.29, 0.717) is 42.8 Å². The minimum absolute atomic E-state index is 0.273. The molecule has 1 saturated heterocycles. The summed E-state index contributed by atoms with van der Waals surface area (Å²) in [7, 11) is -3.57. The molecule has 1 aliphatic rings. The van der Waals surface area contributed by atoms with E-state index in [1.54, 1.807) is 12.1 Å². The Morgan fingerprint density at radius 3 is 2.67 bits per heavy atom. The van der Waals surface area contributed by atoms with E-state index in [0.717, 1.165) is 41.8 Å². The molecule has 4 aromatic rings. The third kappa shape index (κ3) is 4.52. The highest BCUT2D eigenvalue weighted by atomic mass is 32.2. The van der Waals surface area contributed by atoms with Crippen LogP contribution in [-0.2, 0) is 27.1 Å². The molecule has 0 unspecified atom stereocenters. The van der Waals surface area contributed by atoms with Crippen molar-refractivity contribution in [3.63, 3.8) is 0 Å². The number of morpholine rings is 1. The van der Waals surface area contributed by atoms with Crippen LogP contribution in [0.4, 0.5) is 0 Å². The number of nitrogens with zero attached hydrogens (tertiary/aromatic N) is 4. The van der Waals surface area contributed by atoms with Crippen LogP contribution in [0.2, 0.25) is 0 Å². The van der Waals surface area contributed by atoms with Crippen LogP contribution in [0, 0.1) is 0 Å². The van der Waals surface area contributed by atoms with Gasteiger partial charge in [0.05, 0.1) is 34.9 Å². The van der Waals surface area contributed by atoms with E-state index < -0.39 is 10.0 Å². The van der Waals surface area contributed by atoms with Crippen LogP contribution in [0.25, 0.3) is 22.1 Å². The van der Waals surface area contributed by atoms with Crippen molar-refractivity contribution in [1.29, 1.82) is 0 Å². The highest BCUT2D eigenvalue weighted by molar-refractivity contribution is 7.98. The molecule has 0 aliphatic carbocycles. The summed E-state index contributed by atoms with van der Waals surface area (Å²) in [4.78, 5) is 9.63. The van der Waals surface area contributed by atoms with Crippen molar-refractivity contribution in [2.24, 2.45) is 0 Å². The lowest BCUT2D eigenvalue weighted by Crippen LogP contribution is -2.40. The number of imidazole rings is 1. The Morgan fingerprint density at radius 1 is 1.06 bits per heavy atom. The van der Waals surface area contributed by atoms with Crippen LogP contribution < -0.4 is 0 Å². The molecule has 8 nitrogen and oxygen atoms in total. The van der Waals surface area contributed by atoms with Crippen LogP contribution in [-0.4, -0.2) is 53.6 Å². The summed E-state index contributed by atoms with van der Waals surface area (Å²) >= 11 is 1.49. The zero-order valence-electron chi connectivity index (χ0n) is 18.4. The van der Waals surface area contributed by atoms with Gasteiger partial charge in [-0.05, 0) is 36.8 Å². The Labute approximate surface area is 197 Å². The number of aryl methyl sites for hydroxylation is 1. The van der Waals surface area contributed by atoms with Crippen LogP contribution in [0.1, 0.15) is 25.6 Å². The second kappa shape index (κ2) is 9.46. The van der Waals surface area contributed by atoms with Crippen LogP contribution in [0.5, 0.6) is 0 Å². The lowest BCUT2D eigenvalue weighted by Gasteiger charge is -2.26. The molecule has 0 saturated carbocycles. The van der Waals surface area contributed by atoms with E-state index >= 15 is 0 Å². The highest BCUT2D eigenvalue weighted by Gasteiger charge is 2.27. The summed E-state index contributed by atoms with van der Waals surface area (Å²) in [5, 5.41) is 0.598. The summed E-state index contributed by atoms with van der Waals surface area (Å²) in [5.41, 5.74) is 3.22. The first-order valence-electron chi connectivity index (χ1n) is 11.1. The first-order valence-corrected chi connectivity index (χ1v) is 13.5. The van der Waals surface area contributed by atoms with Crippen molar-refractivity contribution in [1.82, 2.24) is 18.8 Å². The Hall–Kier alpha value is -2.40. The van der Waals surface area contributed by atoms with Gasteiger partial charge in [-0.2, -0.15) is 4.31 Å². The third-order valence-corrected chi connectivity index (χ3v) is 8.46. The number of oxazole rings is 1. The Morgan fingerprint density at radius 2 is 1.88 bits per heavy atom. The smallest absolute Gasteiger partial charge is 0.257 e. The number of fused-ring (bicyclic) bond motifs is 2. The number of ether oxygens (including phenoxy) is 1. The molecular weight excluding hydrogens is 460 g/mol. The van der Waals surface area contributed by atoms with Crippen molar-refractivity contribution in [2.75, 3.05) is 26.3 Å². The molecule has 2 aromatic heterocycles. The monoisotopic (exact) mass is 486 g/mol. The molecule has 5 rings (SSSR count). The molecule has 174 valence electrons. The summed E-state index contributed by atoms with van der Waals surface area (Å²) in [6, 6.07) is 12.9. The van der Waals surface area contributed by atoms with Crippen molar-refractivity contribution >= 4 is 43.9 Å². The van der Waals surface area contributed by atoms with E-state index in [-0.39, 0.29) is 4.90 Å². The number of thioether (sulfide) groups is 1. The van der Waals surface area contributed by atoms with Crippen LogP contribution >= 0.6 is 11.8 Å². The summed E-state index contributed by atoms with van der Waals surface area (Å²) in [6.07, 6.45) is 2.07. The molecular formula is C23H26N4O4S2. The average Bonchev–Trinajstić information content (AvgIpc) is 3.42. The average molecular weight is 487 g/mol. The molecule has 33 heavy (non-hydrogen) atoms. The van der Waals surface area contributed by atoms with E-state index in [4.69, 9.17) is 14.1 Å². The van der Waals surface area contributed by atoms with E-state index in [9.17, 15) is 8.42 Å². The molecule has 0 radical (unpaired) electrons. The molecule has 0 atom stereocenters. The standard InChI is InChI=1S/C23H26N4O4S2/c1-2-3-10-27-20-9-8-17(33(28,29)26-11-13-30-14-12-26)15-19(20)24-22(27)16-32-23-25-18-6-4-5-7-21(18)31-23/h4-9,15H,2-3,10-14,16H2,1H3. The summed E-state index contributed by atoms with van der Waals surface area (Å²) in [6.45, 7) is 4.56. The van der Waals surface area contributed by atoms with E-state index in [2.05, 4.69) is 16.5 Å². The van der Waals surface area contributed by atoms with Gasteiger partial charge in [-0.15, -0.1) is 0 Å². The van der Waals surface area contributed by atoms with Gasteiger partial charge in [-0.1, -0.05) is 37.2 Å². The minimum atomic E-state index is -3.57. The van der Waals surface area contributed by atoms with Gasteiger partial charge in [0.15, 0.2) is 5.58 Å². The van der Waals surface area contributed by atoms with E-state index in [1.165, 1.54) is 16.1 Å². The van der Waals surface area contributed by atoms with Gasteiger partial charge in [-0.25, -0.2) is 18.4 Å². The first kappa shape index (κ1) is 22.4. The molecule has 10 heteroatoms. The fourth-order valence-corrected chi connectivity index (χ4v) is 6.18. The van der Waals surface area contributed by atoms with Gasteiger partial charge >= 0.3 is 0 Å². The molecule has 0 N–H and O–H groups in total. The van der Waals surface area contributed by atoms with Gasteiger partial charge in [0.2, 0.25) is 10.0 Å². The fraction of sp³-hybridized carbons (Fsp3) is 0.391. The predicted molar refractivity (Wildman–Crippen MR) is 128 cm³/mol. The lowest BCUT2D eigenvalue weighted by atomic mass is 10.3. The Bertz CT molecular complexity index is 1340. The zero-order valence-corrected chi connectivity index (χ0v) is 20.1. The maximum Gasteiger partial charge on any atom is 0.257 e. The maximum atomic E-state index is 13.1. The van der Waals surface area contributed by atoms with Crippen LogP contribution in [0.3, 0.4) is 0 Å². The van der Waals surface area contributed by atoms with Crippen molar-refractivity contribution < 1.29 is 17.6 Å². The topological polar surface area (TPSA) is 90.5 Å². The molecule has 0 amide bonds. The number of benzene rings is 2. The first-order chi connectivity index (χ1) is 16.1. The maximum absolute atomic E-state index is 13.1. The second-order valence-electron chi connectivity index (χ2n) is 7.94. The van der Waals surface area contributed by atoms with Gasteiger partial charge in [0.1, 0.15) is 11.3 Å². The van der Waals surface area contributed by atoms with Crippen molar-refractivity contribution in [3.8, 4) is 0 Å². The second-order valence-corrected chi connectivity index (χ2v) is 10.8. The number of unbranched alkanes of at least 4 members (excludes halogenated alkanes) is 1. The number of hydrogen-bond donors (Lipinski definition) is 0. The van der Waals surface area contributed by atoms with Gasteiger partial charge < -0.3 is 13.7 Å². The largest absolute Gasteiger partial charge is 0.431 e. The molecule has 1 aliphatic heterocycles. The predicted octanol–water partition coefficient (Wildman–Crippen LogP) is 4.29. The molecule has 0 spiro atoms. The van der Waals surface area contributed by atoms with E-state index in [1.807, 2.05) is 30.3 Å². The molecule has 3 heterocycles. The summed E-state index contributed by atoms with van der Waals surface area (Å²) in [5.74, 6) is 1.46. The van der Waals surface area contributed by atoms with Gasteiger partial charge in [0, 0.05) is 19.6 Å². The van der Waals surface area contributed by atoms with Gasteiger partial charge in [0.25, 0.3) is 5.22 Å². The molecule has 2 aromatic carbocycles. The normalized spacial score (nSPS) is 15.5. The Kier molecular flexibility index (Phi) is 6.42. The number of aromatic nitrogens is 3. The SMILES string of the molecule is CCCCn1c(CSc2nc3ccccc3o2)nc2cc(S(=O)(=O)N3CCOCC3)ccc21. The number of hydrogen-bond acceptors (Lipinski definition) is 7. The number of sulfonamides is 1. The minimum Gasteiger partial charge on any atom is -0.431 e. The van der Waals surface area contributed by atoms with Crippen molar-refractivity contribution in [2.45, 2.75) is 42.2 Å². The van der Waals surface area contributed by atoms with Crippen LogP contribution in [0.15, 0.2) is 57.0 Å².